The molecular formula is C15H18N5O2+. The van der Waals surface area contributed by atoms with Gasteiger partial charge in [0, 0.05) is 19.2 Å². The number of rotatable bonds is 1. The highest BCUT2D eigenvalue weighted by atomic mass is 16.2. The van der Waals surface area contributed by atoms with Gasteiger partial charge in [-0.1, -0.05) is 11.6 Å². The molecule has 0 spiro atoms. The Hall–Kier alpha value is -2.83. The largest absolute Gasteiger partial charge is 0.354 e. The number of fused-ring (bicyclic) bond motifs is 1. The molecule has 0 aliphatic carbocycles. The fourth-order valence-electron chi connectivity index (χ4n) is 2.01. The van der Waals surface area contributed by atoms with Crippen LogP contribution in [-0.4, -0.2) is 27.7 Å². The maximum absolute atomic E-state index is 11.2. The van der Waals surface area contributed by atoms with E-state index in [4.69, 9.17) is 0 Å². The smallest absolute Gasteiger partial charge is 0.264 e. The molecule has 7 heteroatoms. The molecular weight excluding hydrogens is 282 g/mol. The van der Waals surface area contributed by atoms with Crippen LogP contribution in [0, 0.1) is 13.8 Å². The van der Waals surface area contributed by atoms with Gasteiger partial charge in [0.25, 0.3) is 17.8 Å². The van der Waals surface area contributed by atoms with Crippen molar-refractivity contribution in [3.05, 3.63) is 29.5 Å². The molecule has 0 bridgehead atoms. The van der Waals surface area contributed by atoms with Gasteiger partial charge in [0.2, 0.25) is 0 Å². The molecule has 1 aromatic carbocycles. The van der Waals surface area contributed by atoms with E-state index in [-0.39, 0.29) is 17.8 Å². The molecule has 22 heavy (non-hydrogen) atoms. The number of benzene rings is 1. The first-order valence-electron chi connectivity index (χ1n) is 6.79. The fourth-order valence-corrected chi connectivity index (χ4v) is 2.01. The van der Waals surface area contributed by atoms with Gasteiger partial charge in [-0.15, -0.1) is 9.97 Å². The lowest BCUT2D eigenvalue weighted by Crippen LogP contribution is -2.76. The van der Waals surface area contributed by atoms with Crippen LogP contribution in [0.4, 0.5) is 5.95 Å². The predicted octanol–water partition coefficient (Wildman–Crippen LogP) is -0.413. The van der Waals surface area contributed by atoms with Gasteiger partial charge in [0.1, 0.15) is 5.52 Å². The lowest BCUT2D eigenvalue weighted by molar-refractivity contribution is -0.368. The molecule has 0 unspecified atom stereocenters. The van der Waals surface area contributed by atoms with Crippen molar-refractivity contribution in [1.82, 2.24) is 20.6 Å². The van der Waals surface area contributed by atoms with Gasteiger partial charge in [-0.2, -0.15) is 0 Å². The summed E-state index contributed by atoms with van der Waals surface area (Å²) in [6.45, 7) is 6.58. The van der Waals surface area contributed by atoms with Gasteiger partial charge in [-0.3, -0.25) is 9.59 Å². The van der Waals surface area contributed by atoms with Crippen molar-refractivity contribution >= 4 is 34.6 Å². The summed E-state index contributed by atoms with van der Waals surface area (Å²) < 4.78 is 0. The van der Waals surface area contributed by atoms with Gasteiger partial charge < -0.3 is 0 Å². The first-order valence-corrected chi connectivity index (χ1v) is 6.79. The van der Waals surface area contributed by atoms with Crippen LogP contribution in [0.2, 0.25) is 0 Å². The molecule has 0 fully saturated rings. The third-order valence-corrected chi connectivity index (χ3v) is 2.88. The number of hydrogen-bond acceptors (Lipinski definition) is 4. The Morgan fingerprint density at radius 3 is 2.27 bits per heavy atom. The van der Waals surface area contributed by atoms with E-state index in [1.54, 1.807) is 0 Å². The van der Waals surface area contributed by atoms with Crippen molar-refractivity contribution in [1.29, 1.82) is 0 Å². The van der Waals surface area contributed by atoms with Crippen LogP contribution in [0.25, 0.3) is 10.9 Å². The van der Waals surface area contributed by atoms with Gasteiger partial charge in [0.05, 0.1) is 5.69 Å². The Balaban J connectivity index is 2.47. The minimum Gasteiger partial charge on any atom is -0.264 e. The SMILES string of the molecule is CC(=O)NC(NC(C)=O)=[NH+]c1nc(C)c2cc(C)ccc2n1. The summed E-state index contributed by atoms with van der Waals surface area (Å²) in [7, 11) is 0. The minimum absolute atomic E-state index is 0.130. The number of carbonyl (C=O) groups excluding carboxylic acids is 2. The highest BCUT2D eigenvalue weighted by Gasteiger charge is 2.13. The summed E-state index contributed by atoms with van der Waals surface area (Å²) in [6.07, 6.45) is 0. The number of guanidine groups is 1. The van der Waals surface area contributed by atoms with E-state index in [0.29, 0.717) is 5.95 Å². The van der Waals surface area contributed by atoms with Crippen molar-refractivity contribution < 1.29 is 14.6 Å². The lowest BCUT2D eigenvalue weighted by atomic mass is 10.1. The quantitative estimate of drug-likeness (QED) is 0.492. The molecule has 1 aromatic heterocycles. The van der Waals surface area contributed by atoms with Crippen molar-refractivity contribution in [2.75, 3.05) is 0 Å². The van der Waals surface area contributed by atoms with E-state index in [1.807, 2.05) is 32.0 Å². The van der Waals surface area contributed by atoms with E-state index in [2.05, 4.69) is 25.6 Å². The van der Waals surface area contributed by atoms with Crippen LogP contribution in [-0.2, 0) is 9.59 Å². The maximum atomic E-state index is 11.2. The Morgan fingerprint density at radius 2 is 1.68 bits per heavy atom. The Bertz CT molecular complexity index is 765. The molecule has 0 saturated carbocycles. The monoisotopic (exact) mass is 300 g/mol. The zero-order chi connectivity index (χ0) is 16.3. The highest BCUT2D eigenvalue weighted by molar-refractivity contribution is 6.01. The van der Waals surface area contributed by atoms with E-state index in [0.717, 1.165) is 22.2 Å². The second-order valence-corrected chi connectivity index (χ2v) is 5.02. The van der Waals surface area contributed by atoms with Crippen LogP contribution in [0.3, 0.4) is 0 Å². The number of hydrogen-bond donors (Lipinski definition) is 3. The molecule has 0 atom stereocenters. The number of aryl methyl sites for hydroxylation is 2. The summed E-state index contributed by atoms with van der Waals surface area (Å²) in [5, 5.41) is 5.95. The van der Waals surface area contributed by atoms with Crippen molar-refractivity contribution in [3.63, 3.8) is 0 Å². The highest BCUT2D eigenvalue weighted by Crippen LogP contribution is 2.16. The van der Waals surface area contributed by atoms with E-state index < -0.39 is 0 Å². The van der Waals surface area contributed by atoms with Crippen LogP contribution in [0.1, 0.15) is 25.1 Å². The summed E-state index contributed by atoms with van der Waals surface area (Å²) >= 11 is 0. The Kier molecular flexibility index (Phi) is 4.45. The van der Waals surface area contributed by atoms with Crippen LogP contribution in [0.5, 0.6) is 0 Å². The molecule has 0 aliphatic rings. The molecule has 0 aliphatic heterocycles. The van der Waals surface area contributed by atoms with Crippen LogP contribution in [0.15, 0.2) is 18.2 Å². The molecule has 114 valence electrons. The first-order chi connectivity index (χ1) is 10.3. The van der Waals surface area contributed by atoms with Gasteiger partial charge in [-0.05, 0) is 26.0 Å². The summed E-state index contributed by atoms with van der Waals surface area (Å²) in [4.78, 5) is 33.9. The number of carbonyl (C=O) groups is 2. The van der Waals surface area contributed by atoms with E-state index >= 15 is 0 Å². The second-order valence-electron chi connectivity index (χ2n) is 5.02. The first kappa shape index (κ1) is 15.6. The third-order valence-electron chi connectivity index (χ3n) is 2.88. The van der Waals surface area contributed by atoms with Crippen LogP contribution < -0.4 is 15.6 Å². The van der Waals surface area contributed by atoms with Crippen molar-refractivity contribution in [2.24, 2.45) is 0 Å². The lowest BCUT2D eigenvalue weighted by Gasteiger charge is -2.03. The van der Waals surface area contributed by atoms with E-state index in [9.17, 15) is 9.59 Å². The third kappa shape index (κ3) is 3.85. The molecule has 0 saturated heterocycles. The summed E-state index contributed by atoms with van der Waals surface area (Å²) in [5.74, 6) is -0.203. The average molecular weight is 300 g/mol. The number of aromatic nitrogens is 2. The van der Waals surface area contributed by atoms with Gasteiger partial charge in [-0.25, -0.2) is 15.6 Å². The molecule has 2 amide bonds. The molecule has 2 rings (SSSR count). The van der Waals surface area contributed by atoms with Crippen molar-refractivity contribution in [2.45, 2.75) is 27.7 Å². The minimum atomic E-state index is -0.315. The standard InChI is InChI=1S/C15H17N5O2/c1-8-5-6-13-12(7-8)9(2)16-14(19-13)20-15(17-10(3)21)18-11(4)22/h5-7H,1-4H3,(H2,16,17,18,19,20,21,22)/p+1. The molecule has 1 heterocycles. The van der Waals surface area contributed by atoms with Gasteiger partial charge in [0.15, 0.2) is 0 Å². The fraction of sp³-hybridized carbons (Fsp3) is 0.267. The number of amides is 2. The second kappa shape index (κ2) is 6.30. The molecule has 7 nitrogen and oxygen atoms in total. The normalized spacial score (nSPS) is 10.2. The Labute approximate surface area is 127 Å². The molecule has 3 N–H and O–H groups in total. The van der Waals surface area contributed by atoms with Crippen molar-refractivity contribution in [3.8, 4) is 0 Å². The number of nitrogens with zero attached hydrogens (tertiary/aromatic N) is 2. The summed E-state index contributed by atoms with van der Waals surface area (Å²) in [5.41, 5.74) is 2.72. The zero-order valence-corrected chi connectivity index (χ0v) is 12.9. The predicted molar refractivity (Wildman–Crippen MR) is 82.3 cm³/mol. The number of nitrogens with one attached hydrogen (secondary N) is 3. The zero-order valence-electron chi connectivity index (χ0n) is 12.9. The Morgan fingerprint density at radius 1 is 1.05 bits per heavy atom. The molecule has 0 radical (unpaired) electrons. The topological polar surface area (TPSA) is 98.0 Å². The van der Waals surface area contributed by atoms with Gasteiger partial charge >= 0.3 is 5.95 Å². The maximum Gasteiger partial charge on any atom is 0.354 e. The average Bonchev–Trinajstić information content (AvgIpc) is 2.38. The van der Waals surface area contributed by atoms with E-state index in [1.165, 1.54) is 13.8 Å². The van der Waals surface area contributed by atoms with Crippen LogP contribution >= 0.6 is 0 Å². The molecule has 2 aromatic rings. The summed E-state index contributed by atoms with van der Waals surface area (Å²) in [6, 6.07) is 5.88.